The maximum atomic E-state index is 12.6. The van der Waals surface area contributed by atoms with Crippen LogP contribution in [0.1, 0.15) is 32.1 Å². The number of hydrogen-bond acceptors (Lipinski definition) is 7. The average Bonchev–Trinajstić information content (AvgIpc) is 3.65. The largest absolute Gasteiger partial charge is 0.428 e. The van der Waals surface area contributed by atoms with Gasteiger partial charge in [0.25, 0.3) is 0 Å². The number of nitrogens with two attached hydrogens (primary N) is 1. The lowest BCUT2D eigenvalue weighted by Gasteiger charge is -2.31. The van der Waals surface area contributed by atoms with E-state index < -0.39 is 22.0 Å². The number of carbonyl (C=O) groups is 3. The maximum absolute atomic E-state index is 12.6. The zero-order valence-electron chi connectivity index (χ0n) is 21.6. The molecule has 1 aliphatic carbocycles. The molecule has 2 aliphatic rings. The average molecular weight is 582 g/mol. The van der Waals surface area contributed by atoms with Crippen LogP contribution in [0.2, 0.25) is 0 Å². The second-order valence-electron chi connectivity index (χ2n) is 9.78. The third kappa shape index (κ3) is 8.53. The van der Waals surface area contributed by atoms with Crippen molar-refractivity contribution >= 4 is 51.1 Å². The minimum atomic E-state index is -3.78. The lowest BCUT2D eigenvalue weighted by Crippen LogP contribution is -2.46. The first-order chi connectivity index (χ1) is 18.3. The summed E-state index contributed by atoms with van der Waals surface area (Å²) in [5.41, 5.74) is 5.57. The van der Waals surface area contributed by atoms with E-state index in [-0.39, 0.29) is 61.4 Å². The fourth-order valence-corrected chi connectivity index (χ4v) is 5.76. The fourth-order valence-electron chi connectivity index (χ4n) is 4.69. The van der Waals surface area contributed by atoms with Crippen LogP contribution in [0, 0.1) is 11.8 Å². The van der Waals surface area contributed by atoms with Gasteiger partial charge in [-0.1, -0.05) is 30.3 Å². The monoisotopic (exact) mass is 581 g/mol. The van der Waals surface area contributed by atoms with E-state index in [1.165, 1.54) is 11.0 Å². The molecule has 3 atom stereocenters. The van der Waals surface area contributed by atoms with Crippen LogP contribution >= 0.6 is 12.4 Å². The summed E-state index contributed by atoms with van der Waals surface area (Å²) in [6.07, 6.45) is 2.51. The smallest absolute Gasteiger partial charge is 0.411 e. The number of hydrogen-bond donors (Lipinski definition) is 4. The molecule has 1 saturated carbocycles. The molecule has 39 heavy (non-hydrogen) atoms. The number of sulfonamides is 1. The Morgan fingerprint density at radius 2 is 1.87 bits per heavy atom. The first-order valence-electron chi connectivity index (χ1n) is 12.9. The van der Waals surface area contributed by atoms with E-state index in [4.69, 9.17) is 10.5 Å². The van der Waals surface area contributed by atoms with Crippen LogP contribution in [0.15, 0.2) is 47.4 Å². The van der Waals surface area contributed by atoms with Crippen LogP contribution in [0.4, 0.5) is 4.79 Å². The molecule has 0 bridgehead atoms. The van der Waals surface area contributed by atoms with Gasteiger partial charge < -0.3 is 26.0 Å². The normalized spacial score (nSPS) is 20.5. The summed E-state index contributed by atoms with van der Waals surface area (Å²) in [7, 11) is -3.78. The predicted octanol–water partition coefficient (Wildman–Crippen LogP) is 1.71. The minimum absolute atomic E-state index is 0. The number of nitrogens with zero attached hydrogens (tertiary/aromatic N) is 1. The van der Waals surface area contributed by atoms with E-state index in [0.717, 1.165) is 23.6 Å². The van der Waals surface area contributed by atoms with Crippen molar-refractivity contribution in [2.75, 3.05) is 32.9 Å². The highest BCUT2D eigenvalue weighted by Crippen LogP contribution is 2.33. The SMILES string of the molecule is Cl.NCCC1C[C@@H]1NC(=O)[C@H]1CCCN(C(=O)OCNC(=O)CCNS(=O)(=O)c2ccc3ccccc3c2)C1. The van der Waals surface area contributed by atoms with Gasteiger partial charge in [0.1, 0.15) is 0 Å². The Morgan fingerprint density at radius 3 is 2.64 bits per heavy atom. The molecule has 5 N–H and O–H groups in total. The highest BCUT2D eigenvalue weighted by atomic mass is 35.5. The van der Waals surface area contributed by atoms with E-state index >= 15 is 0 Å². The van der Waals surface area contributed by atoms with Crippen molar-refractivity contribution in [3.63, 3.8) is 0 Å². The van der Waals surface area contributed by atoms with Crippen LogP contribution in [-0.2, 0) is 24.3 Å². The molecule has 1 heterocycles. The number of carbonyl (C=O) groups excluding carboxylic acids is 3. The first-order valence-corrected chi connectivity index (χ1v) is 14.4. The van der Waals surface area contributed by atoms with Gasteiger partial charge in [0.15, 0.2) is 6.73 Å². The van der Waals surface area contributed by atoms with Crippen LogP contribution in [0.25, 0.3) is 10.8 Å². The second-order valence-corrected chi connectivity index (χ2v) is 11.6. The summed E-state index contributed by atoms with van der Waals surface area (Å²) in [5.74, 6) is -0.357. The number of likely N-dealkylation sites (tertiary alicyclic amines) is 1. The van der Waals surface area contributed by atoms with Gasteiger partial charge in [0, 0.05) is 32.1 Å². The third-order valence-electron chi connectivity index (χ3n) is 6.98. The van der Waals surface area contributed by atoms with Gasteiger partial charge in [-0.3, -0.25) is 9.59 Å². The van der Waals surface area contributed by atoms with Gasteiger partial charge in [-0.15, -0.1) is 12.4 Å². The molecule has 1 unspecified atom stereocenters. The lowest BCUT2D eigenvalue weighted by atomic mass is 9.97. The van der Waals surface area contributed by atoms with Crippen LogP contribution in [0.3, 0.4) is 0 Å². The molecule has 1 saturated heterocycles. The first kappa shape index (κ1) is 30.6. The molecule has 13 heteroatoms. The molecular formula is C26H36ClN5O6S. The van der Waals surface area contributed by atoms with Crippen molar-refractivity contribution < 1.29 is 27.5 Å². The Balaban J connectivity index is 0.00000420. The predicted molar refractivity (Wildman–Crippen MR) is 148 cm³/mol. The third-order valence-corrected chi connectivity index (χ3v) is 8.44. The van der Waals surface area contributed by atoms with E-state index in [2.05, 4.69) is 15.4 Å². The second kappa shape index (κ2) is 13.9. The zero-order valence-corrected chi connectivity index (χ0v) is 23.3. The highest BCUT2D eigenvalue weighted by Gasteiger charge is 2.39. The van der Waals surface area contributed by atoms with E-state index in [9.17, 15) is 22.8 Å². The molecule has 0 radical (unpaired) electrons. The number of amides is 3. The number of rotatable bonds is 11. The standard InChI is InChI=1S/C26H35N5O6S.ClH/c27-11-9-20-15-23(20)30-25(33)21-6-3-13-31(16-21)26(34)37-17-28-24(32)10-12-29-38(35,36)22-8-7-18-4-1-2-5-19(18)14-22;/h1-2,4-5,7-8,14,20-21,23,29H,3,6,9-13,15-17,27H2,(H,28,32)(H,30,33);1H/t20?,21-,23-;/m0./s1. The Labute approximate surface area is 234 Å². The zero-order chi connectivity index (χ0) is 27.1. The summed E-state index contributed by atoms with van der Waals surface area (Å²) in [6.45, 7) is 0.906. The summed E-state index contributed by atoms with van der Waals surface area (Å²) in [5, 5.41) is 7.23. The molecule has 2 aromatic rings. The van der Waals surface area contributed by atoms with Crippen molar-refractivity contribution in [2.24, 2.45) is 17.6 Å². The van der Waals surface area contributed by atoms with Crippen molar-refractivity contribution in [2.45, 2.75) is 43.0 Å². The molecule has 2 aromatic carbocycles. The van der Waals surface area contributed by atoms with Gasteiger partial charge in [-0.05, 0) is 61.1 Å². The maximum Gasteiger partial charge on any atom is 0.411 e. The molecule has 4 rings (SSSR count). The van der Waals surface area contributed by atoms with Crippen molar-refractivity contribution in [1.29, 1.82) is 0 Å². The van der Waals surface area contributed by atoms with Crippen molar-refractivity contribution in [3.8, 4) is 0 Å². The number of fused-ring (bicyclic) bond motifs is 1. The van der Waals surface area contributed by atoms with Gasteiger partial charge in [-0.25, -0.2) is 17.9 Å². The molecule has 214 valence electrons. The number of ether oxygens (including phenoxy) is 1. The Hall–Kier alpha value is -2.93. The molecule has 2 fully saturated rings. The molecule has 0 spiro atoms. The Bertz CT molecular complexity index is 1280. The molecular weight excluding hydrogens is 546 g/mol. The molecule has 1 aliphatic heterocycles. The van der Waals surface area contributed by atoms with E-state index in [1.54, 1.807) is 12.1 Å². The van der Waals surface area contributed by atoms with E-state index in [1.807, 2.05) is 24.3 Å². The van der Waals surface area contributed by atoms with Crippen molar-refractivity contribution in [3.05, 3.63) is 42.5 Å². The number of nitrogens with one attached hydrogen (secondary N) is 3. The lowest BCUT2D eigenvalue weighted by molar-refractivity contribution is -0.126. The minimum Gasteiger partial charge on any atom is -0.428 e. The molecule has 11 nitrogen and oxygen atoms in total. The fraction of sp³-hybridized carbons (Fsp3) is 0.500. The molecule has 0 aromatic heterocycles. The van der Waals surface area contributed by atoms with Gasteiger partial charge in [0.2, 0.25) is 21.8 Å². The summed E-state index contributed by atoms with van der Waals surface area (Å²) in [6, 6.07) is 12.4. The van der Waals surface area contributed by atoms with Crippen LogP contribution < -0.4 is 21.1 Å². The van der Waals surface area contributed by atoms with Gasteiger partial charge in [-0.2, -0.15) is 0 Å². The summed E-state index contributed by atoms with van der Waals surface area (Å²) >= 11 is 0. The number of piperidine rings is 1. The van der Waals surface area contributed by atoms with Crippen LogP contribution in [0.5, 0.6) is 0 Å². The molecule has 3 amide bonds. The Kier molecular flexibility index (Phi) is 10.9. The van der Waals surface area contributed by atoms with Crippen molar-refractivity contribution in [1.82, 2.24) is 20.3 Å². The topological polar surface area (TPSA) is 160 Å². The van der Waals surface area contributed by atoms with E-state index in [0.29, 0.717) is 31.8 Å². The summed E-state index contributed by atoms with van der Waals surface area (Å²) < 4.78 is 32.7. The van der Waals surface area contributed by atoms with Crippen LogP contribution in [-0.4, -0.2) is 70.2 Å². The summed E-state index contributed by atoms with van der Waals surface area (Å²) in [4.78, 5) is 38.7. The number of benzene rings is 2. The number of halogens is 1. The van der Waals surface area contributed by atoms with Gasteiger partial charge in [0.05, 0.1) is 10.8 Å². The van der Waals surface area contributed by atoms with Gasteiger partial charge >= 0.3 is 6.09 Å². The Morgan fingerprint density at radius 1 is 1.10 bits per heavy atom. The highest BCUT2D eigenvalue weighted by molar-refractivity contribution is 7.89. The quantitative estimate of drug-likeness (QED) is 0.294.